The molecule has 0 bridgehead atoms. The normalized spacial score (nSPS) is 18.2. The summed E-state index contributed by atoms with van der Waals surface area (Å²) < 4.78 is 2.51. The molecule has 3 atom stereocenters. The summed E-state index contributed by atoms with van der Waals surface area (Å²) in [6.07, 6.45) is 10.1. The number of aromatic nitrogens is 1. The molecule has 0 fully saturated rings. The van der Waals surface area contributed by atoms with Crippen LogP contribution in [0.2, 0.25) is 0 Å². The molecule has 2 heteroatoms. The van der Waals surface area contributed by atoms with Gasteiger partial charge < -0.3 is 9.47 Å². The van der Waals surface area contributed by atoms with Crippen molar-refractivity contribution in [2.45, 2.75) is 38.6 Å². The van der Waals surface area contributed by atoms with Gasteiger partial charge in [-0.1, -0.05) is 192 Å². The van der Waals surface area contributed by atoms with E-state index < -0.39 is 5.41 Å². The van der Waals surface area contributed by atoms with Gasteiger partial charge in [-0.2, -0.15) is 0 Å². The lowest BCUT2D eigenvalue weighted by atomic mass is 9.65. The molecule has 2 nitrogen and oxygen atoms in total. The molecule has 3 aliphatic rings. The van der Waals surface area contributed by atoms with Gasteiger partial charge in [-0.3, -0.25) is 0 Å². The van der Waals surface area contributed by atoms with E-state index in [1.807, 2.05) is 0 Å². The molecule has 3 unspecified atom stereocenters. The number of benzene rings is 7. The van der Waals surface area contributed by atoms with Crippen LogP contribution in [0.25, 0.3) is 55.4 Å². The first-order chi connectivity index (χ1) is 28.1. The fourth-order valence-corrected chi connectivity index (χ4v) is 9.86. The smallest absolute Gasteiger partial charge is 0.0754 e. The Kier molecular flexibility index (Phi) is 8.45. The number of fused-ring (bicyclic) bond motifs is 12. The van der Waals surface area contributed by atoms with Crippen LogP contribution in [-0.4, -0.2) is 10.6 Å². The maximum atomic E-state index is 4.63. The molecular weight excluding hydrogens is 689 g/mol. The Morgan fingerprint density at radius 3 is 2.04 bits per heavy atom. The Balaban J connectivity index is 0.00000128. The van der Waals surface area contributed by atoms with Crippen molar-refractivity contribution in [2.75, 3.05) is 4.90 Å². The van der Waals surface area contributed by atoms with E-state index in [2.05, 4.69) is 225 Å². The van der Waals surface area contributed by atoms with Crippen molar-refractivity contribution in [1.29, 1.82) is 0 Å². The summed E-state index contributed by atoms with van der Waals surface area (Å²) in [7, 11) is 0. The maximum absolute atomic E-state index is 4.63. The van der Waals surface area contributed by atoms with E-state index in [0.29, 0.717) is 5.92 Å². The van der Waals surface area contributed by atoms with Crippen molar-refractivity contribution in [1.82, 2.24) is 4.57 Å². The lowest BCUT2D eigenvalue weighted by molar-refractivity contribution is 0.612. The van der Waals surface area contributed by atoms with E-state index in [9.17, 15) is 0 Å². The van der Waals surface area contributed by atoms with Crippen LogP contribution in [0, 0.1) is 5.92 Å². The number of hydrogen-bond acceptors (Lipinski definition) is 1. The number of rotatable bonds is 5. The van der Waals surface area contributed by atoms with Crippen LogP contribution in [0.3, 0.4) is 0 Å². The largest absolute Gasteiger partial charge is 0.334 e. The third-order valence-electron chi connectivity index (χ3n) is 12.2. The standard InChI is InChI=1S/C52H38N2.C3H8/c1-34-15-6-11-24-48(34)53(35(2)36-16-4-3-5-17-36)39-30-27-37(28-31-39)38-29-32-41-40-18-7-9-21-44(40)52(47(41)33-38)45-22-10-13-26-50(45)54-49-25-12-8-19-42(49)43-20-14-23-46(52)51(43)54;1-3-2/h3-34,48H,2H2,1H3;3H2,1-2H3. The summed E-state index contributed by atoms with van der Waals surface area (Å²) in [5.41, 5.74) is 17.0. The highest BCUT2D eigenvalue weighted by Crippen LogP contribution is 2.61. The van der Waals surface area contributed by atoms with Gasteiger partial charge >= 0.3 is 0 Å². The molecule has 0 amide bonds. The Morgan fingerprint density at radius 1 is 0.596 bits per heavy atom. The second kappa shape index (κ2) is 13.8. The zero-order valence-electron chi connectivity index (χ0n) is 32.9. The zero-order valence-corrected chi connectivity index (χ0v) is 32.9. The topological polar surface area (TPSA) is 8.17 Å². The maximum Gasteiger partial charge on any atom is 0.0754 e. The highest BCUT2D eigenvalue weighted by molar-refractivity contribution is 6.12. The fourth-order valence-electron chi connectivity index (χ4n) is 9.86. The molecule has 7 aromatic carbocycles. The summed E-state index contributed by atoms with van der Waals surface area (Å²) in [5.74, 6) is 0.339. The van der Waals surface area contributed by atoms with Crippen LogP contribution in [0.15, 0.2) is 195 Å². The van der Waals surface area contributed by atoms with E-state index in [1.54, 1.807) is 0 Å². The summed E-state index contributed by atoms with van der Waals surface area (Å²) in [4.78, 5) is 2.40. The third-order valence-corrected chi connectivity index (χ3v) is 12.2. The van der Waals surface area contributed by atoms with Crippen LogP contribution in [-0.2, 0) is 5.41 Å². The van der Waals surface area contributed by atoms with Gasteiger partial charge in [0.25, 0.3) is 0 Å². The van der Waals surface area contributed by atoms with Crippen molar-refractivity contribution in [3.8, 4) is 27.9 Å². The second-order valence-corrected chi connectivity index (χ2v) is 15.7. The van der Waals surface area contributed by atoms with Crippen LogP contribution < -0.4 is 4.90 Å². The number of para-hydroxylation sites is 3. The summed E-state index contributed by atoms with van der Waals surface area (Å²) >= 11 is 0. The minimum absolute atomic E-state index is 0.164. The predicted molar refractivity (Wildman–Crippen MR) is 242 cm³/mol. The molecule has 57 heavy (non-hydrogen) atoms. The van der Waals surface area contributed by atoms with E-state index in [1.165, 1.54) is 78.4 Å². The molecular formula is C55H46N2. The zero-order chi connectivity index (χ0) is 38.7. The van der Waals surface area contributed by atoms with Gasteiger partial charge in [-0.05, 0) is 86.3 Å². The SMILES string of the molecule is C=C(c1ccccc1)N(c1ccc(-c2ccc3c(c2)C2(c4ccccc4-3)c3ccccc3-n3c4ccccc4c4cccc2c43)cc1)C1C=CC=CC1C.CCC. The lowest BCUT2D eigenvalue weighted by Crippen LogP contribution is -2.37. The first kappa shape index (κ1) is 34.8. The van der Waals surface area contributed by atoms with E-state index in [-0.39, 0.29) is 6.04 Å². The Morgan fingerprint density at radius 2 is 1.23 bits per heavy atom. The molecule has 11 rings (SSSR count). The van der Waals surface area contributed by atoms with E-state index in [4.69, 9.17) is 0 Å². The number of allylic oxidation sites excluding steroid dienone is 2. The molecule has 8 aromatic rings. The Hall–Kier alpha value is -6.64. The fraction of sp³-hybridized carbons (Fsp3) is 0.127. The van der Waals surface area contributed by atoms with Gasteiger partial charge in [-0.25, -0.2) is 0 Å². The van der Waals surface area contributed by atoms with Crippen LogP contribution in [0.5, 0.6) is 0 Å². The lowest BCUT2D eigenvalue weighted by Gasteiger charge is -2.39. The average molecular weight is 735 g/mol. The molecule has 0 radical (unpaired) electrons. The summed E-state index contributed by atoms with van der Waals surface area (Å²) in [5, 5.41) is 2.59. The Bertz CT molecular complexity index is 2890. The first-order valence-electron chi connectivity index (χ1n) is 20.4. The van der Waals surface area contributed by atoms with Crippen LogP contribution >= 0.6 is 0 Å². The Labute approximate surface area is 336 Å². The highest BCUT2D eigenvalue weighted by Gasteiger charge is 2.50. The molecule has 2 heterocycles. The average Bonchev–Trinajstić information content (AvgIpc) is 3.75. The van der Waals surface area contributed by atoms with Crippen LogP contribution in [0.1, 0.15) is 55.0 Å². The molecule has 1 aromatic heterocycles. The molecule has 0 saturated carbocycles. The van der Waals surface area contributed by atoms with Crippen molar-refractivity contribution in [2.24, 2.45) is 5.92 Å². The van der Waals surface area contributed by atoms with Crippen molar-refractivity contribution >= 4 is 33.2 Å². The number of hydrogen-bond donors (Lipinski definition) is 0. The molecule has 0 saturated heterocycles. The predicted octanol–water partition coefficient (Wildman–Crippen LogP) is 14.2. The van der Waals surface area contributed by atoms with Crippen molar-refractivity contribution < 1.29 is 0 Å². The van der Waals surface area contributed by atoms with E-state index in [0.717, 1.165) is 16.9 Å². The van der Waals surface area contributed by atoms with Crippen molar-refractivity contribution in [3.05, 3.63) is 222 Å². The van der Waals surface area contributed by atoms with Gasteiger partial charge in [0, 0.05) is 22.2 Å². The molecule has 2 aliphatic carbocycles. The minimum atomic E-state index is -0.469. The van der Waals surface area contributed by atoms with Crippen LogP contribution in [0.4, 0.5) is 5.69 Å². The van der Waals surface area contributed by atoms with Crippen molar-refractivity contribution in [3.63, 3.8) is 0 Å². The van der Waals surface area contributed by atoms with E-state index >= 15 is 0 Å². The van der Waals surface area contributed by atoms with Gasteiger partial charge in [0.05, 0.1) is 28.2 Å². The minimum Gasteiger partial charge on any atom is -0.334 e. The summed E-state index contributed by atoms with van der Waals surface area (Å²) in [6.45, 7) is 11.2. The molecule has 1 aliphatic heterocycles. The number of anilines is 1. The first-order valence-corrected chi connectivity index (χ1v) is 20.4. The monoisotopic (exact) mass is 734 g/mol. The quantitative estimate of drug-likeness (QED) is 0.171. The second-order valence-electron chi connectivity index (χ2n) is 15.7. The van der Waals surface area contributed by atoms with Gasteiger partial charge in [-0.15, -0.1) is 0 Å². The molecule has 0 N–H and O–H groups in total. The third kappa shape index (κ3) is 5.17. The molecule has 1 spiro atoms. The van der Waals surface area contributed by atoms with Gasteiger partial charge in [0.15, 0.2) is 0 Å². The highest BCUT2D eigenvalue weighted by atomic mass is 15.2. The van der Waals surface area contributed by atoms with Gasteiger partial charge in [0.2, 0.25) is 0 Å². The van der Waals surface area contributed by atoms with Gasteiger partial charge in [0.1, 0.15) is 0 Å². The molecule has 276 valence electrons. The number of nitrogens with zero attached hydrogens (tertiary/aromatic N) is 2. The summed E-state index contributed by atoms with van der Waals surface area (Å²) in [6, 6.07) is 61.0.